The molecule has 0 aliphatic carbocycles. The van der Waals surface area contributed by atoms with Gasteiger partial charge in [-0.3, -0.25) is 4.90 Å². The van der Waals surface area contributed by atoms with Crippen LogP contribution in [0.5, 0.6) is 0 Å². The average Bonchev–Trinajstić information content (AvgIpc) is 3.07. The molecule has 146 valence electrons. The smallest absolute Gasteiger partial charge is 0.377 e. The minimum atomic E-state index is -4.11. The van der Waals surface area contributed by atoms with Gasteiger partial charge in [-0.25, -0.2) is 0 Å². The van der Waals surface area contributed by atoms with Gasteiger partial charge in [0.25, 0.3) is 0 Å². The summed E-state index contributed by atoms with van der Waals surface area (Å²) in [5, 5.41) is 3.91. The number of hydrogen-bond donors (Lipinski definition) is 0. The summed E-state index contributed by atoms with van der Waals surface area (Å²) in [5.74, 6) is 0. The highest BCUT2D eigenvalue weighted by Gasteiger charge is 2.50. The third kappa shape index (κ3) is 4.20. The van der Waals surface area contributed by atoms with Gasteiger partial charge < -0.3 is 9.64 Å². The fourth-order valence-electron chi connectivity index (χ4n) is 5.02. The number of rotatable bonds is 4. The van der Waals surface area contributed by atoms with Gasteiger partial charge in [-0.05, 0) is 49.0 Å². The number of halogens is 3. The highest BCUT2D eigenvalue weighted by atomic mass is 32.1. The van der Waals surface area contributed by atoms with Crippen LogP contribution in [0.4, 0.5) is 18.9 Å². The van der Waals surface area contributed by atoms with Crippen molar-refractivity contribution in [1.29, 1.82) is 0 Å². The van der Waals surface area contributed by atoms with Crippen LogP contribution in [0.15, 0.2) is 16.8 Å². The monoisotopic (exact) mass is 388 g/mol. The first kappa shape index (κ1) is 18.6. The average molecular weight is 388 g/mol. The van der Waals surface area contributed by atoms with Gasteiger partial charge in [-0.2, -0.15) is 24.5 Å². The van der Waals surface area contributed by atoms with Crippen molar-refractivity contribution in [2.75, 3.05) is 37.7 Å². The summed E-state index contributed by atoms with van der Waals surface area (Å²) < 4.78 is 45.3. The molecule has 0 bridgehead atoms. The lowest BCUT2D eigenvalue weighted by atomic mass is 9.68. The molecule has 2 atom stereocenters. The molecule has 26 heavy (non-hydrogen) atoms. The second kappa shape index (κ2) is 7.32. The molecule has 0 aromatic carbocycles. The second-order valence-electron chi connectivity index (χ2n) is 8.26. The predicted molar refractivity (Wildman–Crippen MR) is 97.8 cm³/mol. The van der Waals surface area contributed by atoms with Gasteiger partial charge in [-0.15, -0.1) is 0 Å². The van der Waals surface area contributed by atoms with Crippen molar-refractivity contribution in [3.05, 3.63) is 16.8 Å². The Balaban J connectivity index is 1.37. The molecule has 7 heteroatoms. The molecule has 3 fully saturated rings. The van der Waals surface area contributed by atoms with Gasteiger partial charge in [0.2, 0.25) is 0 Å². The Bertz CT molecular complexity index is 580. The van der Waals surface area contributed by atoms with Crippen molar-refractivity contribution in [3.63, 3.8) is 0 Å². The maximum absolute atomic E-state index is 13.2. The highest BCUT2D eigenvalue weighted by Crippen LogP contribution is 2.46. The lowest BCUT2D eigenvalue weighted by Crippen LogP contribution is -2.64. The van der Waals surface area contributed by atoms with E-state index >= 15 is 0 Å². The third-order valence-corrected chi connectivity index (χ3v) is 6.82. The molecule has 3 saturated heterocycles. The summed E-state index contributed by atoms with van der Waals surface area (Å²) in [6, 6.07) is 1.51. The molecular weight excluding hydrogens is 361 g/mol. The Morgan fingerprint density at radius 3 is 2.77 bits per heavy atom. The zero-order chi connectivity index (χ0) is 18.2. The van der Waals surface area contributed by atoms with Crippen LogP contribution in [0, 0.1) is 5.41 Å². The molecule has 4 heterocycles. The number of ether oxygens (including phenoxy) is 1. The fourth-order valence-corrected chi connectivity index (χ4v) is 5.67. The van der Waals surface area contributed by atoms with Crippen molar-refractivity contribution < 1.29 is 17.9 Å². The van der Waals surface area contributed by atoms with Crippen LogP contribution in [0.3, 0.4) is 0 Å². The van der Waals surface area contributed by atoms with E-state index in [2.05, 4.69) is 4.90 Å². The minimum Gasteiger partial charge on any atom is -0.377 e. The summed E-state index contributed by atoms with van der Waals surface area (Å²) in [4.78, 5) is 4.38. The molecule has 4 rings (SSSR count). The van der Waals surface area contributed by atoms with Gasteiger partial charge in [-0.1, -0.05) is 0 Å². The number of alkyl halides is 3. The van der Waals surface area contributed by atoms with E-state index in [1.807, 2.05) is 21.7 Å². The number of hydrogen-bond acceptors (Lipinski definition) is 4. The first-order valence-electron chi connectivity index (χ1n) is 9.62. The summed E-state index contributed by atoms with van der Waals surface area (Å²) in [5.41, 5.74) is 1.02. The zero-order valence-corrected chi connectivity index (χ0v) is 15.8. The molecule has 1 aromatic heterocycles. The molecular formula is C19H27F3N2OS. The Kier molecular flexibility index (Phi) is 5.23. The minimum absolute atomic E-state index is 0.0666. The topological polar surface area (TPSA) is 15.7 Å². The molecule has 0 saturated carbocycles. The van der Waals surface area contributed by atoms with Crippen molar-refractivity contribution in [2.24, 2.45) is 5.41 Å². The first-order chi connectivity index (χ1) is 12.4. The SMILES string of the molecule is FC(F)(F)CC1CC2(CCN1c1ccsc1)CN(CC1CCCCO1)C2. The van der Waals surface area contributed by atoms with Crippen molar-refractivity contribution in [1.82, 2.24) is 4.90 Å². The molecule has 3 nitrogen and oxygen atoms in total. The van der Waals surface area contributed by atoms with Crippen LogP contribution < -0.4 is 4.90 Å². The third-order valence-electron chi connectivity index (χ3n) is 6.15. The van der Waals surface area contributed by atoms with Crippen LogP contribution >= 0.6 is 11.3 Å². The van der Waals surface area contributed by atoms with Gasteiger partial charge in [0, 0.05) is 49.9 Å². The summed E-state index contributed by atoms with van der Waals surface area (Å²) in [7, 11) is 0. The van der Waals surface area contributed by atoms with Gasteiger partial charge in [0.05, 0.1) is 12.5 Å². The van der Waals surface area contributed by atoms with Crippen LogP contribution in [0.25, 0.3) is 0 Å². The van der Waals surface area contributed by atoms with Gasteiger partial charge in [0.15, 0.2) is 0 Å². The Labute approximate surface area is 157 Å². The van der Waals surface area contributed by atoms with E-state index in [1.54, 1.807) is 11.3 Å². The summed E-state index contributed by atoms with van der Waals surface area (Å²) >= 11 is 1.55. The van der Waals surface area contributed by atoms with Crippen LogP contribution in [0.1, 0.15) is 38.5 Å². The van der Waals surface area contributed by atoms with Crippen molar-refractivity contribution in [2.45, 2.75) is 56.8 Å². The molecule has 0 N–H and O–H groups in total. The van der Waals surface area contributed by atoms with Crippen LogP contribution in [0.2, 0.25) is 0 Å². The predicted octanol–water partition coefficient (Wildman–Crippen LogP) is 4.54. The largest absolute Gasteiger partial charge is 0.391 e. The molecule has 0 radical (unpaired) electrons. The zero-order valence-electron chi connectivity index (χ0n) is 15.0. The summed E-state index contributed by atoms with van der Waals surface area (Å²) in [6.45, 7) is 4.38. The van der Waals surface area contributed by atoms with Crippen molar-refractivity contribution in [3.8, 4) is 0 Å². The molecule has 3 aliphatic rings. The van der Waals surface area contributed by atoms with Crippen molar-refractivity contribution >= 4 is 17.0 Å². The maximum atomic E-state index is 13.2. The lowest BCUT2D eigenvalue weighted by molar-refractivity contribution is -0.145. The van der Waals surface area contributed by atoms with E-state index in [4.69, 9.17) is 4.74 Å². The first-order valence-corrected chi connectivity index (χ1v) is 10.6. The molecule has 1 spiro atoms. The van der Waals surface area contributed by atoms with Gasteiger partial charge >= 0.3 is 6.18 Å². The van der Waals surface area contributed by atoms with E-state index in [0.29, 0.717) is 12.5 Å². The number of likely N-dealkylation sites (tertiary alicyclic amines) is 1. The van der Waals surface area contributed by atoms with Crippen LogP contribution in [-0.2, 0) is 4.74 Å². The second-order valence-corrected chi connectivity index (χ2v) is 9.04. The highest BCUT2D eigenvalue weighted by molar-refractivity contribution is 7.08. The lowest BCUT2D eigenvalue weighted by Gasteiger charge is -2.57. The number of nitrogens with zero attached hydrogens (tertiary/aromatic N) is 2. The van der Waals surface area contributed by atoms with E-state index in [1.165, 1.54) is 6.42 Å². The Morgan fingerprint density at radius 1 is 1.27 bits per heavy atom. The normalized spacial score (nSPS) is 29.7. The standard InChI is InChI=1S/C19H27F3N2OS/c20-19(21,22)10-16-9-18(5-6-24(16)15-4-8-26-12-15)13-23(14-18)11-17-3-1-2-7-25-17/h4,8,12,16-17H,1-3,5-7,9-11,13-14H2. The summed E-state index contributed by atoms with van der Waals surface area (Å²) in [6.07, 6.45) is 0.617. The maximum Gasteiger partial charge on any atom is 0.391 e. The molecule has 1 aromatic rings. The molecule has 2 unspecified atom stereocenters. The number of thiophene rings is 1. The van der Waals surface area contributed by atoms with E-state index in [9.17, 15) is 13.2 Å². The number of anilines is 1. The fraction of sp³-hybridized carbons (Fsp3) is 0.789. The Hall–Kier alpha value is -0.790. The van der Waals surface area contributed by atoms with Crippen LogP contribution in [-0.4, -0.2) is 56.0 Å². The number of piperidine rings is 1. The van der Waals surface area contributed by atoms with E-state index in [0.717, 1.165) is 57.7 Å². The van der Waals surface area contributed by atoms with E-state index in [-0.39, 0.29) is 5.41 Å². The molecule has 3 aliphatic heterocycles. The van der Waals surface area contributed by atoms with E-state index < -0.39 is 18.6 Å². The molecule has 0 amide bonds. The quantitative estimate of drug-likeness (QED) is 0.753. The Morgan fingerprint density at radius 2 is 2.12 bits per heavy atom. The van der Waals surface area contributed by atoms with Gasteiger partial charge in [0.1, 0.15) is 0 Å².